The summed E-state index contributed by atoms with van der Waals surface area (Å²) >= 11 is 0. The summed E-state index contributed by atoms with van der Waals surface area (Å²) in [6.07, 6.45) is 0.171. The Hall–Kier alpha value is -1.75. The topological polar surface area (TPSA) is 63.4 Å². The first-order chi connectivity index (χ1) is 8.86. The van der Waals surface area contributed by atoms with E-state index in [1.54, 1.807) is 32.0 Å². The predicted octanol–water partition coefficient (Wildman–Crippen LogP) is 1.57. The summed E-state index contributed by atoms with van der Waals surface area (Å²) in [7, 11) is 0. The first-order valence-electron chi connectivity index (χ1n) is 6.18. The van der Waals surface area contributed by atoms with Crippen LogP contribution in [0.3, 0.4) is 0 Å². The molecule has 1 saturated heterocycles. The van der Waals surface area contributed by atoms with Crippen molar-refractivity contribution >= 4 is 11.8 Å². The van der Waals surface area contributed by atoms with Crippen molar-refractivity contribution in [2.75, 3.05) is 0 Å². The molecule has 0 aromatic heterocycles. The molecule has 0 unspecified atom stereocenters. The standard InChI is InChI=1S/C14H17FN2O2/c1-14(2)6-11(18)17(13(14)19)8-10-5-3-4-9(7-16)12(10)15/h3-5H,6-8,16H2,1-2H3. The Bertz CT molecular complexity index is 540. The first kappa shape index (κ1) is 13.7. The molecule has 4 nitrogen and oxygen atoms in total. The van der Waals surface area contributed by atoms with Crippen molar-refractivity contribution in [1.82, 2.24) is 4.90 Å². The average molecular weight is 264 g/mol. The van der Waals surface area contributed by atoms with Crippen molar-refractivity contribution < 1.29 is 14.0 Å². The van der Waals surface area contributed by atoms with Crippen LogP contribution in [-0.2, 0) is 22.7 Å². The molecule has 19 heavy (non-hydrogen) atoms. The maximum Gasteiger partial charge on any atom is 0.235 e. The maximum atomic E-state index is 14.0. The van der Waals surface area contributed by atoms with Crippen LogP contribution in [0, 0.1) is 11.2 Å². The van der Waals surface area contributed by atoms with E-state index in [1.165, 1.54) is 0 Å². The van der Waals surface area contributed by atoms with Crippen molar-refractivity contribution in [3.8, 4) is 0 Å². The number of halogens is 1. The van der Waals surface area contributed by atoms with E-state index in [0.717, 1.165) is 4.90 Å². The number of carbonyl (C=O) groups is 2. The predicted molar refractivity (Wildman–Crippen MR) is 68.2 cm³/mol. The van der Waals surface area contributed by atoms with Gasteiger partial charge in [0.2, 0.25) is 11.8 Å². The summed E-state index contributed by atoms with van der Waals surface area (Å²) in [5.41, 5.74) is 5.45. The van der Waals surface area contributed by atoms with Gasteiger partial charge in [-0.05, 0) is 0 Å². The van der Waals surface area contributed by atoms with Crippen LogP contribution >= 0.6 is 0 Å². The fourth-order valence-corrected chi connectivity index (χ4v) is 2.27. The van der Waals surface area contributed by atoms with E-state index < -0.39 is 11.2 Å². The van der Waals surface area contributed by atoms with Crippen molar-refractivity contribution in [2.24, 2.45) is 11.1 Å². The van der Waals surface area contributed by atoms with Crippen molar-refractivity contribution in [2.45, 2.75) is 33.4 Å². The van der Waals surface area contributed by atoms with Gasteiger partial charge in [-0.2, -0.15) is 0 Å². The zero-order valence-corrected chi connectivity index (χ0v) is 11.1. The number of hydrogen-bond donors (Lipinski definition) is 1. The van der Waals surface area contributed by atoms with Crippen LogP contribution in [0.25, 0.3) is 0 Å². The normalized spacial score (nSPS) is 18.2. The van der Waals surface area contributed by atoms with Crippen molar-refractivity contribution in [3.63, 3.8) is 0 Å². The average Bonchev–Trinajstić information content (AvgIpc) is 2.54. The summed E-state index contributed by atoms with van der Waals surface area (Å²) in [4.78, 5) is 25.0. The highest BCUT2D eigenvalue weighted by Crippen LogP contribution is 2.32. The molecule has 0 aliphatic carbocycles. The molecule has 0 spiro atoms. The van der Waals surface area contributed by atoms with Gasteiger partial charge in [0.05, 0.1) is 12.0 Å². The first-order valence-corrected chi connectivity index (χ1v) is 6.18. The zero-order chi connectivity index (χ0) is 14.2. The fraction of sp³-hybridized carbons (Fsp3) is 0.429. The minimum atomic E-state index is -0.695. The lowest BCUT2D eigenvalue weighted by molar-refractivity contribution is -0.141. The molecule has 0 saturated carbocycles. The molecule has 1 aliphatic heterocycles. The molecule has 5 heteroatoms. The Morgan fingerprint density at radius 2 is 1.95 bits per heavy atom. The molecule has 1 heterocycles. The van der Waals surface area contributed by atoms with Gasteiger partial charge in [0, 0.05) is 24.1 Å². The van der Waals surface area contributed by atoms with Gasteiger partial charge in [0.25, 0.3) is 0 Å². The SMILES string of the molecule is CC1(C)CC(=O)N(Cc2cccc(CN)c2F)C1=O. The lowest BCUT2D eigenvalue weighted by atomic mass is 9.92. The Kier molecular flexibility index (Phi) is 3.41. The lowest BCUT2D eigenvalue weighted by Crippen LogP contribution is -2.32. The van der Waals surface area contributed by atoms with Gasteiger partial charge in [0.15, 0.2) is 0 Å². The maximum absolute atomic E-state index is 14.0. The van der Waals surface area contributed by atoms with Crippen LogP contribution in [0.4, 0.5) is 4.39 Å². The molecule has 1 aromatic carbocycles. The van der Waals surface area contributed by atoms with Gasteiger partial charge < -0.3 is 5.73 Å². The number of likely N-dealkylation sites (tertiary alicyclic amines) is 1. The molecule has 1 aromatic rings. The molecule has 0 atom stereocenters. The third kappa shape index (κ3) is 2.38. The Balaban J connectivity index is 2.28. The molecule has 1 aliphatic rings. The number of nitrogens with two attached hydrogens (primary N) is 1. The molecule has 102 valence electrons. The second kappa shape index (κ2) is 4.74. The number of rotatable bonds is 3. The quantitative estimate of drug-likeness (QED) is 0.843. The second-order valence-electron chi connectivity index (χ2n) is 5.44. The molecule has 2 rings (SSSR count). The highest BCUT2D eigenvalue weighted by molar-refractivity contribution is 6.05. The van der Waals surface area contributed by atoms with Gasteiger partial charge in [-0.1, -0.05) is 32.0 Å². The van der Waals surface area contributed by atoms with Gasteiger partial charge in [-0.25, -0.2) is 4.39 Å². The van der Waals surface area contributed by atoms with Crippen LogP contribution in [0.2, 0.25) is 0 Å². The van der Waals surface area contributed by atoms with E-state index in [9.17, 15) is 14.0 Å². The largest absolute Gasteiger partial charge is 0.326 e. The Morgan fingerprint density at radius 1 is 1.32 bits per heavy atom. The van der Waals surface area contributed by atoms with E-state index in [4.69, 9.17) is 5.73 Å². The number of nitrogens with zero attached hydrogens (tertiary/aromatic N) is 1. The third-order valence-corrected chi connectivity index (χ3v) is 3.43. The van der Waals surface area contributed by atoms with E-state index in [2.05, 4.69) is 0 Å². The van der Waals surface area contributed by atoms with Gasteiger partial charge >= 0.3 is 0 Å². The Labute approximate surface area is 111 Å². The lowest BCUT2D eigenvalue weighted by Gasteiger charge is -2.18. The zero-order valence-electron chi connectivity index (χ0n) is 11.1. The molecule has 2 N–H and O–H groups in total. The number of carbonyl (C=O) groups excluding carboxylic acids is 2. The minimum absolute atomic E-state index is 0.0270. The molecule has 1 fully saturated rings. The molecule has 0 bridgehead atoms. The van der Waals surface area contributed by atoms with Gasteiger partial charge in [-0.3, -0.25) is 14.5 Å². The van der Waals surface area contributed by atoms with Gasteiger partial charge in [-0.15, -0.1) is 0 Å². The number of hydrogen-bond acceptors (Lipinski definition) is 3. The van der Waals surface area contributed by atoms with Crippen LogP contribution in [0.1, 0.15) is 31.4 Å². The van der Waals surface area contributed by atoms with E-state index in [-0.39, 0.29) is 31.3 Å². The third-order valence-electron chi connectivity index (χ3n) is 3.43. The highest BCUT2D eigenvalue weighted by Gasteiger charge is 2.44. The number of imide groups is 1. The molecular formula is C14H17FN2O2. The summed E-state index contributed by atoms with van der Waals surface area (Å²) in [5.74, 6) is -0.946. The number of benzene rings is 1. The summed E-state index contributed by atoms with van der Waals surface area (Å²) in [6, 6.07) is 4.84. The van der Waals surface area contributed by atoms with Crippen molar-refractivity contribution in [3.05, 3.63) is 35.1 Å². The summed E-state index contributed by atoms with van der Waals surface area (Å²) in [6.45, 7) is 3.51. The molecule has 2 amide bonds. The summed E-state index contributed by atoms with van der Waals surface area (Å²) < 4.78 is 14.0. The van der Waals surface area contributed by atoms with Crippen LogP contribution in [0.5, 0.6) is 0 Å². The van der Waals surface area contributed by atoms with E-state index in [1.807, 2.05) is 0 Å². The smallest absolute Gasteiger partial charge is 0.235 e. The van der Waals surface area contributed by atoms with Crippen molar-refractivity contribution in [1.29, 1.82) is 0 Å². The highest BCUT2D eigenvalue weighted by atomic mass is 19.1. The monoisotopic (exact) mass is 264 g/mol. The van der Waals surface area contributed by atoms with Crippen LogP contribution in [-0.4, -0.2) is 16.7 Å². The molecular weight excluding hydrogens is 247 g/mol. The van der Waals surface area contributed by atoms with Gasteiger partial charge in [0.1, 0.15) is 5.82 Å². The van der Waals surface area contributed by atoms with Crippen LogP contribution < -0.4 is 5.73 Å². The van der Waals surface area contributed by atoms with E-state index >= 15 is 0 Å². The Morgan fingerprint density at radius 3 is 2.47 bits per heavy atom. The molecule has 0 radical (unpaired) electrons. The second-order valence-corrected chi connectivity index (χ2v) is 5.44. The van der Waals surface area contributed by atoms with Crippen LogP contribution in [0.15, 0.2) is 18.2 Å². The summed E-state index contributed by atoms with van der Waals surface area (Å²) in [5, 5.41) is 0. The number of amides is 2. The minimum Gasteiger partial charge on any atom is -0.326 e. The fourth-order valence-electron chi connectivity index (χ4n) is 2.27. The van der Waals surface area contributed by atoms with E-state index in [0.29, 0.717) is 11.1 Å².